The molecule has 0 spiro atoms. The van der Waals surface area contributed by atoms with E-state index in [0.717, 1.165) is 50.5 Å². The molecule has 188 valence electrons. The lowest BCUT2D eigenvalue weighted by molar-refractivity contribution is -0.143. The monoisotopic (exact) mass is 478 g/mol. The highest BCUT2D eigenvalue weighted by molar-refractivity contribution is 6.19. The summed E-state index contributed by atoms with van der Waals surface area (Å²) in [5, 5.41) is 9.67. The Kier molecular flexibility index (Phi) is 9.96. The van der Waals surface area contributed by atoms with Crippen LogP contribution in [0, 0.1) is 11.3 Å². The molecule has 0 atom stereocenters. The number of carbonyl (C=O) groups excluding carboxylic acids is 2. The molecule has 1 aromatic rings. The minimum atomic E-state index is -0.463. The molecule has 6 nitrogen and oxygen atoms in total. The largest absolute Gasteiger partial charge is 0.493 e. The van der Waals surface area contributed by atoms with Crippen molar-refractivity contribution < 1.29 is 19.1 Å². The van der Waals surface area contributed by atoms with Crippen LogP contribution in [0.2, 0.25) is 0 Å². The van der Waals surface area contributed by atoms with Crippen LogP contribution in [0.3, 0.4) is 0 Å². The van der Waals surface area contributed by atoms with Gasteiger partial charge in [0.25, 0.3) is 11.8 Å². The third-order valence-electron chi connectivity index (χ3n) is 6.97. The number of hydrogen-bond donors (Lipinski definition) is 0. The molecule has 6 heteroatoms. The normalized spacial score (nSPS) is 18.2. The highest BCUT2D eigenvalue weighted by Gasteiger charge is 2.39. The second-order valence-electron chi connectivity index (χ2n) is 9.47. The van der Waals surface area contributed by atoms with E-state index in [1.165, 1.54) is 30.6 Å². The van der Waals surface area contributed by atoms with Crippen LogP contribution in [0.5, 0.6) is 11.5 Å². The van der Waals surface area contributed by atoms with E-state index in [0.29, 0.717) is 29.3 Å². The van der Waals surface area contributed by atoms with Gasteiger partial charge in [0.1, 0.15) is 11.6 Å². The summed E-state index contributed by atoms with van der Waals surface area (Å²) in [6.07, 6.45) is 13.6. The molecule has 0 N–H and O–H groups in total. The third-order valence-corrected chi connectivity index (χ3v) is 6.97. The Hall–Kier alpha value is -3.07. The van der Waals surface area contributed by atoms with E-state index >= 15 is 0 Å². The summed E-state index contributed by atoms with van der Waals surface area (Å²) in [6, 6.07) is 7.45. The minimum absolute atomic E-state index is 0.0484. The molecule has 35 heavy (non-hydrogen) atoms. The van der Waals surface area contributed by atoms with Gasteiger partial charge in [-0.1, -0.05) is 64.4 Å². The summed E-state index contributed by atoms with van der Waals surface area (Å²) in [7, 11) is 1.60. The Morgan fingerprint density at radius 2 is 1.74 bits per heavy atom. The van der Waals surface area contributed by atoms with Crippen molar-refractivity contribution in [2.24, 2.45) is 0 Å². The lowest BCUT2D eigenvalue weighted by atomic mass is 9.88. The Bertz CT molecular complexity index is 1010. The van der Waals surface area contributed by atoms with Gasteiger partial charge in [0.2, 0.25) is 0 Å². The first-order valence-corrected chi connectivity index (χ1v) is 13.0. The fourth-order valence-corrected chi connectivity index (χ4v) is 4.89. The second kappa shape index (κ2) is 13.1. The highest BCUT2D eigenvalue weighted by Crippen LogP contribution is 2.34. The summed E-state index contributed by atoms with van der Waals surface area (Å²) in [4.78, 5) is 27.7. The van der Waals surface area contributed by atoms with Crippen LogP contribution >= 0.6 is 0 Å². The van der Waals surface area contributed by atoms with Crippen LogP contribution < -0.4 is 9.47 Å². The summed E-state index contributed by atoms with van der Waals surface area (Å²) >= 11 is 0. The maximum Gasteiger partial charge on any atom is 0.271 e. The van der Waals surface area contributed by atoms with Crippen molar-refractivity contribution in [1.82, 2.24) is 4.90 Å². The maximum absolute atomic E-state index is 13.4. The topological polar surface area (TPSA) is 79.6 Å². The van der Waals surface area contributed by atoms with Gasteiger partial charge in [-0.3, -0.25) is 14.5 Å². The first kappa shape index (κ1) is 26.5. The van der Waals surface area contributed by atoms with Gasteiger partial charge in [-0.05, 0) is 55.5 Å². The fraction of sp³-hybridized carbons (Fsp3) is 0.552. The van der Waals surface area contributed by atoms with Crippen LogP contribution in [0.15, 0.2) is 34.9 Å². The van der Waals surface area contributed by atoms with Gasteiger partial charge >= 0.3 is 0 Å². The molecule has 1 heterocycles. The van der Waals surface area contributed by atoms with Crippen molar-refractivity contribution in [1.29, 1.82) is 5.26 Å². The molecule has 0 unspecified atom stereocenters. The molecule has 1 saturated carbocycles. The van der Waals surface area contributed by atoms with Crippen molar-refractivity contribution in [2.75, 3.05) is 13.7 Å². The molecular weight excluding hydrogens is 440 g/mol. The van der Waals surface area contributed by atoms with Gasteiger partial charge in [-0.25, -0.2) is 0 Å². The van der Waals surface area contributed by atoms with Crippen molar-refractivity contribution in [3.05, 3.63) is 40.5 Å². The zero-order valence-electron chi connectivity index (χ0n) is 21.4. The number of unbranched alkanes of at least 4 members (excludes halogenated alkanes) is 5. The van der Waals surface area contributed by atoms with Gasteiger partial charge in [0, 0.05) is 11.6 Å². The predicted molar refractivity (Wildman–Crippen MR) is 137 cm³/mol. The lowest BCUT2D eigenvalue weighted by Gasteiger charge is -2.36. The van der Waals surface area contributed by atoms with Crippen molar-refractivity contribution in [2.45, 2.75) is 90.5 Å². The first-order chi connectivity index (χ1) is 17.0. The van der Waals surface area contributed by atoms with Crippen molar-refractivity contribution in [3.8, 4) is 17.6 Å². The number of methoxy groups -OCH3 is 1. The van der Waals surface area contributed by atoms with Crippen LogP contribution in [-0.4, -0.2) is 36.5 Å². The van der Waals surface area contributed by atoms with Crippen LogP contribution in [0.25, 0.3) is 6.08 Å². The average Bonchev–Trinajstić information content (AvgIpc) is 2.87. The Morgan fingerprint density at radius 3 is 2.43 bits per heavy atom. The summed E-state index contributed by atoms with van der Waals surface area (Å²) in [5.41, 5.74) is 1.62. The quantitative estimate of drug-likeness (QED) is 0.210. The summed E-state index contributed by atoms with van der Waals surface area (Å²) in [5.74, 6) is 0.481. The Morgan fingerprint density at radius 1 is 1.03 bits per heavy atom. The second-order valence-corrected chi connectivity index (χ2v) is 9.47. The van der Waals surface area contributed by atoms with Gasteiger partial charge < -0.3 is 9.47 Å². The maximum atomic E-state index is 13.4. The molecular formula is C29H38N2O4. The molecule has 1 aromatic carbocycles. The fourth-order valence-electron chi connectivity index (χ4n) is 4.89. The number of amides is 2. The van der Waals surface area contributed by atoms with Gasteiger partial charge in [-0.15, -0.1) is 0 Å². The Labute approximate surface area is 209 Å². The molecule has 3 rings (SSSR count). The molecule has 0 aromatic heterocycles. The number of nitrogens with zero attached hydrogens (tertiary/aromatic N) is 2. The van der Waals surface area contributed by atoms with E-state index in [9.17, 15) is 14.9 Å². The van der Waals surface area contributed by atoms with Gasteiger partial charge in [0.15, 0.2) is 11.5 Å². The molecule has 0 radical (unpaired) electrons. The van der Waals surface area contributed by atoms with E-state index in [2.05, 4.69) is 6.92 Å². The van der Waals surface area contributed by atoms with E-state index in [-0.39, 0.29) is 17.5 Å². The zero-order valence-corrected chi connectivity index (χ0v) is 21.4. The molecule has 0 bridgehead atoms. The number of nitriles is 1. The lowest BCUT2D eigenvalue weighted by Crippen LogP contribution is -2.49. The smallest absolute Gasteiger partial charge is 0.271 e. The summed E-state index contributed by atoms with van der Waals surface area (Å²) < 4.78 is 11.5. The number of imide groups is 1. The van der Waals surface area contributed by atoms with Gasteiger partial charge in [-0.2, -0.15) is 5.26 Å². The van der Waals surface area contributed by atoms with E-state index in [4.69, 9.17) is 9.47 Å². The Balaban J connectivity index is 1.78. The standard InChI is InChI=1S/C29H38N2O4/c1-4-5-6-7-8-12-17-35-26-16-15-22(19-27(26)34-3)18-24-21(2)25(20-30)29(33)31(28(24)32)23-13-10-9-11-14-23/h15-16,18-19,23H,4-14,17H2,1-3H3/b24-18+. The molecule has 1 fully saturated rings. The van der Waals surface area contributed by atoms with Crippen LogP contribution in [0.1, 0.15) is 90.0 Å². The molecule has 1 aliphatic heterocycles. The molecule has 0 saturated heterocycles. The van der Waals surface area contributed by atoms with E-state index in [1.54, 1.807) is 20.1 Å². The SMILES string of the molecule is CCCCCCCCOc1ccc(/C=C2/C(=O)N(C3CCCCC3)C(=O)C(C#N)=C2C)cc1OC. The van der Waals surface area contributed by atoms with Crippen LogP contribution in [0.4, 0.5) is 0 Å². The minimum Gasteiger partial charge on any atom is -0.493 e. The number of carbonyl (C=O) groups is 2. The van der Waals surface area contributed by atoms with E-state index in [1.807, 2.05) is 24.3 Å². The highest BCUT2D eigenvalue weighted by atomic mass is 16.5. The number of ether oxygens (including phenoxy) is 2. The number of benzene rings is 1. The van der Waals surface area contributed by atoms with E-state index < -0.39 is 5.91 Å². The van der Waals surface area contributed by atoms with Crippen molar-refractivity contribution >= 4 is 17.9 Å². The first-order valence-electron chi connectivity index (χ1n) is 13.0. The van der Waals surface area contributed by atoms with Gasteiger partial charge in [0.05, 0.1) is 13.7 Å². The average molecular weight is 479 g/mol. The third kappa shape index (κ3) is 6.54. The molecule has 1 aliphatic carbocycles. The number of rotatable bonds is 11. The summed E-state index contributed by atoms with van der Waals surface area (Å²) in [6.45, 7) is 4.52. The van der Waals surface area contributed by atoms with Crippen LogP contribution in [-0.2, 0) is 9.59 Å². The predicted octanol–water partition coefficient (Wildman–Crippen LogP) is 6.36. The molecule has 2 amide bonds. The zero-order chi connectivity index (χ0) is 25.2. The molecule has 2 aliphatic rings. The van der Waals surface area contributed by atoms with Crippen molar-refractivity contribution in [3.63, 3.8) is 0 Å². The number of hydrogen-bond acceptors (Lipinski definition) is 5.